The minimum absolute atomic E-state index is 0.0395. The lowest BCUT2D eigenvalue weighted by atomic mass is 9.91. The number of benzene rings is 2. The molecule has 2 N–H and O–H groups in total. The minimum Gasteiger partial charge on any atom is -0.494 e. The van der Waals surface area contributed by atoms with Crippen LogP contribution in [0.2, 0.25) is 19.6 Å². The molecule has 4 rings (SSSR count). The van der Waals surface area contributed by atoms with Crippen LogP contribution in [0.15, 0.2) is 30.3 Å². The molecule has 0 spiro atoms. The lowest BCUT2D eigenvalue weighted by Crippen LogP contribution is -2.59. The van der Waals surface area contributed by atoms with Gasteiger partial charge in [0.05, 0.1) is 20.6 Å². The van der Waals surface area contributed by atoms with Crippen LogP contribution in [-0.4, -0.2) is 67.1 Å². The van der Waals surface area contributed by atoms with Gasteiger partial charge in [-0.2, -0.15) is 0 Å². The SMILES string of the molecule is CCOc1ccc2c(c1)CCN(C(=O)N1CC(C(=O)O)C1)[C@H]2C(=O)Nc1cc(F)c([Si](C)(C)C)c(F)c1. The third-order valence-corrected chi connectivity index (χ3v) is 8.69. The molecule has 0 aliphatic carbocycles. The van der Waals surface area contributed by atoms with Crippen LogP contribution in [0.25, 0.3) is 0 Å². The van der Waals surface area contributed by atoms with E-state index in [4.69, 9.17) is 4.74 Å². The molecule has 1 fully saturated rings. The van der Waals surface area contributed by atoms with Crippen LogP contribution in [0.1, 0.15) is 24.1 Å². The predicted octanol–water partition coefficient (Wildman–Crippen LogP) is 3.58. The summed E-state index contributed by atoms with van der Waals surface area (Å²) in [5.41, 5.74) is 1.37. The molecule has 2 aliphatic heterocycles. The van der Waals surface area contributed by atoms with Crippen LogP contribution >= 0.6 is 0 Å². The third-order valence-electron chi connectivity index (χ3n) is 6.71. The molecule has 198 valence electrons. The van der Waals surface area contributed by atoms with Gasteiger partial charge in [-0.15, -0.1) is 0 Å². The zero-order valence-corrected chi connectivity index (χ0v) is 22.3. The number of carbonyl (C=O) groups is 3. The second-order valence-electron chi connectivity index (χ2n) is 10.4. The number of nitrogens with one attached hydrogen (secondary N) is 1. The number of halogens is 2. The second kappa shape index (κ2) is 10.1. The molecule has 0 saturated carbocycles. The van der Waals surface area contributed by atoms with Crippen molar-refractivity contribution < 1.29 is 33.0 Å². The summed E-state index contributed by atoms with van der Waals surface area (Å²) in [5.74, 6) is -3.03. The molecule has 3 amide bonds. The first-order chi connectivity index (χ1) is 17.4. The van der Waals surface area contributed by atoms with Gasteiger partial charge in [-0.25, -0.2) is 13.6 Å². The highest BCUT2D eigenvalue weighted by molar-refractivity contribution is 6.88. The summed E-state index contributed by atoms with van der Waals surface area (Å²) in [5, 5.41) is 11.8. The van der Waals surface area contributed by atoms with Crippen LogP contribution in [0.5, 0.6) is 5.75 Å². The smallest absolute Gasteiger partial charge is 0.321 e. The van der Waals surface area contributed by atoms with Crippen LogP contribution in [0, 0.1) is 17.6 Å². The summed E-state index contributed by atoms with van der Waals surface area (Å²) in [6.45, 7) is 8.15. The first-order valence-electron chi connectivity index (χ1n) is 12.2. The van der Waals surface area contributed by atoms with Crippen molar-refractivity contribution in [1.29, 1.82) is 0 Å². The van der Waals surface area contributed by atoms with E-state index in [1.165, 1.54) is 9.80 Å². The van der Waals surface area contributed by atoms with E-state index in [-0.39, 0.29) is 30.5 Å². The average Bonchev–Trinajstić information content (AvgIpc) is 2.75. The third kappa shape index (κ3) is 5.31. The molecule has 2 aliphatic rings. The van der Waals surface area contributed by atoms with Gasteiger partial charge in [0.25, 0.3) is 5.91 Å². The quantitative estimate of drug-likeness (QED) is 0.556. The van der Waals surface area contributed by atoms with E-state index in [2.05, 4.69) is 5.32 Å². The van der Waals surface area contributed by atoms with Crippen molar-refractivity contribution in [3.05, 3.63) is 53.1 Å². The summed E-state index contributed by atoms with van der Waals surface area (Å²) in [6, 6.07) is 5.94. The fourth-order valence-electron chi connectivity index (χ4n) is 4.89. The number of anilines is 1. The molecule has 11 heteroatoms. The van der Waals surface area contributed by atoms with Crippen molar-refractivity contribution in [3.63, 3.8) is 0 Å². The zero-order chi connectivity index (χ0) is 27.1. The molecule has 1 atom stereocenters. The highest BCUT2D eigenvalue weighted by Crippen LogP contribution is 2.35. The van der Waals surface area contributed by atoms with Gasteiger partial charge in [0.2, 0.25) is 0 Å². The Bertz CT molecular complexity index is 1220. The molecule has 8 nitrogen and oxygen atoms in total. The first kappa shape index (κ1) is 26.6. The number of rotatable bonds is 6. The van der Waals surface area contributed by atoms with Crippen LogP contribution < -0.4 is 15.2 Å². The number of ether oxygens (including phenoxy) is 1. The number of hydrogen-bond acceptors (Lipinski definition) is 4. The Balaban J connectivity index is 1.65. The molecule has 2 aromatic rings. The number of carboxylic acid groups (broad SMARTS) is 1. The summed E-state index contributed by atoms with van der Waals surface area (Å²) < 4.78 is 35.2. The lowest BCUT2D eigenvalue weighted by Gasteiger charge is -2.44. The fourth-order valence-corrected chi connectivity index (χ4v) is 6.47. The van der Waals surface area contributed by atoms with E-state index in [9.17, 15) is 28.3 Å². The molecule has 2 aromatic carbocycles. The van der Waals surface area contributed by atoms with Crippen LogP contribution in [0.3, 0.4) is 0 Å². The number of nitrogens with zero attached hydrogens (tertiary/aromatic N) is 2. The number of hydrogen-bond donors (Lipinski definition) is 2. The summed E-state index contributed by atoms with van der Waals surface area (Å²) in [6.07, 6.45) is 0.468. The lowest BCUT2D eigenvalue weighted by molar-refractivity contribution is -0.146. The summed E-state index contributed by atoms with van der Waals surface area (Å²) in [4.78, 5) is 40.9. The Morgan fingerprint density at radius 1 is 1.11 bits per heavy atom. The summed E-state index contributed by atoms with van der Waals surface area (Å²) >= 11 is 0. The number of likely N-dealkylation sites (tertiary alicyclic amines) is 1. The Morgan fingerprint density at radius 2 is 1.76 bits per heavy atom. The number of carboxylic acids is 1. The second-order valence-corrected chi connectivity index (χ2v) is 15.4. The Morgan fingerprint density at radius 3 is 2.32 bits per heavy atom. The predicted molar refractivity (Wildman–Crippen MR) is 137 cm³/mol. The Hall–Kier alpha value is -3.47. The number of amides is 3. The fraction of sp³-hybridized carbons (Fsp3) is 0.423. The standard InChI is InChI=1S/C26H31F2N3O5Si/c1-5-36-18-6-7-19-15(10-18)8-9-31(26(35)30-13-16(14-30)25(33)34)22(19)24(32)29-17-11-20(27)23(21(28)12-17)37(2,3)4/h6-7,10-12,16,22H,5,8-9,13-14H2,1-4H3,(H,29,32)(H,33,34)/t22-/m1/s1. The average molecular weight is 532 g/mol. The van der Waals surface area contributed by atoms with Crippen molar-refractivity contribution in [2.75, 3.05) is 31.6 Å². The molecule has 37 heavy (non-hydrogen) atoms. The molecular formula is C26H31F2N3O5Si. The molecular weight excluding hydrogens is 500 g/mol. The van der Waals surface area contributed by atoms with Crippen LogP contribution in [0.4, 0.5) is 19.3 Å². The maximum Gasteiger partial charge on any atom is 0.321 e. The van der Waals surface area contributed by atoms with Gasteiger partial charge >= 0.3 is 12.0 Å². The number of carbonyl (C=O) groups excluding carboxylic acids is 2. The molecule has 2 heterocycles. The number of aliphatic carboxylic acids is 1. The topological polar surface area (TPSA) is 99.2 Å². The van der Waals surface area contributed by atoms with Gasteiger partial charge in [-0.3, -0.25) is 9.59 Å². The maximum absolute atomic E-state index is 14.8. The van der Waals surface area contributed by atoms with Gasteiger partial charge in [0, 0.05) is 30.5 Å². The summed E-state index contributed by atoms with van der Waals surface area (Å²) in [7, 11) is -2.30. The van der Waals surface area contributed by atoms with Gasteiger partial charge in [0.15, 0.2) is 0 Å². The number of fused-ring (bicyclic) bond motifs is 1. The monoisotopic (exact) mass is 531 g/mol. The van der Waals surface area contributed by atoms with Gasteiger partial charge < -0.3 is 25.0 Å². The minimum atomic E-state index is -2.30. The van der Waals surface area contributed by atoms with Crippen molar-refractivity contribution in [3.8, 4) is 5.75 Å². The Labute approximate surface area is 215 Å². The number of urea groups is 1. The van der Waals surface area contributed by atoms with E-state index >= 15 is 0 Å². The molecule has 0 aromatic heterocycles. The van der Waals surface area contributed by atoms with Gasteiger partial charge in [0.1, 0.15) is 23.4 Å². The van der Waals surface area contributed by atoms with E-state index in [0.717, 1.165) is 17.7 Å². The van der Waals surface area contributed by atoms with E-state index in [1.807, 2.05) is 32.6 Å². The molecule has 0 unspecified atom stereocenters. The van der Waals surface area contributed by atoms with E-state index in [0.29, 0.717) is 24.3 Å². The largest absolute Gasteiger partial charge is 0.494 e. The molecule has 0 radical (unpaired) electrons. The van der Waals surface area contributed by atoms with E-state index in [1.54, 1.807) is 12.1 Å². The van der Waals surface area contributed by atoms with Crippen molar-refractivity contribution in [2.45, 2.75) is 39.0 Å². The Kier molecular flexibility index (Phi) is 7.27. The highest BCUT2D eigenvalue weighted by atomic mass is 28.3. The molecule has 1 saturated heterocycles. The van der Waals surface area contributed by atoms with Gasteiger partial charge in [-0.1, -0.05) is 25.7 Å². The zero-order valence-electron chi connectivity index (χ0n) is 21.3. The highest BCUT2D eigenvalue weighted by Gasteiger charge is 2.43. The van der Waals surface area contributed by atoms with Crippen LogP contribution in [-0.2, 0) is 16.0 Å². The molecule has 0 bridgehead atoms. The first-order valence-corrected chi connectivity index (χ1v) is 15.7. The van der Waals surface area contributed by atoms with Crippen molar-refractivity contribution in [2.24, 2.45) is 5.92 Å². The van der Waals surface area contributed by atoms with Crippen molar-refractivity contribution in [1.82, 2.24) is 9.80 Å². The van der Waals surface area contributed by atoms with E-state index < -0.39 is 49.6 Å². The normalized spacial score (nSPS) is 17.6. The van der Waals surface area contributed by atoms with Gasteiger partial charge in [-0.05, 0) is 48.7 Å². The van der Waals surface area contributed by atoms with Crippen molar-refractivity contribution >= 4 is 36.9 Å². The maximum atomic E-state index is 14.8.